The lowest BCUT2D eigenvalue weighted by molar-refractivity contribution is 0.0325. The fourth-order valence-electron chi connectivity index (χ4n) is 1.83. The molecule has 0 bridgehead atoms. The quantitative estimate of drug-likeness (QED) is 0.645. The number of aliphatic hydroxyl groups is 1. The predicted octanol–water partition coefficient (Wildman–Crippen LogP) is 0.260. The minimum atomic E-state index is -1.00. The molecule has 0 aliphatic heterocycles. The lowest BCUT2D eigenvalue weighted by Crippen LogP contribution is -2.47. The van der Waals surface area contributed by atoms with E-state index in [1.54, 1.807) is 6.92 Å². The normalized spacial score (nSPS) is 14.2. The van der Waals surface area contributed by atoms with Crippen LogP contribution >= 0.6 is 0 Å². The van der Waals surface area contributed by atoms with Crippen molar-refractivity contribution in [3.05, 3.63) is 23.5 Å². The van der Waals surface area contributed by atoms with Crippen molar-refractivity contribution in [3.63, 3.8) is 0 Å². The number of hydrogen-bond donors (Lipinski definition) is 3. The summed E-state index contributed by atoms with van der Waals surface area (Å²) in [6.07, 6.45) is 1.50. The monoisotopic (exact) mass is 267 g/mol. The molecular weight excluding hydrogens is 246 g/mol. The maximum absolute atomic E-state index is 11.8. The van der Waals surface area contributed by atoms with E-state index in [1.165, 1.54) is 19.2 Å². The van der Waals surface area contributed by atoms with Crippen LogP contribution in [-0.2, 0) is 0 Å². The van der Waals surface area contributed by atoms with Gasteiger partial charge in [0.05, 0.1) is 5.60 Å². The van der Waals surface area contributed by atoms with Crippen LogP contribution in [0.4, 0.5) is 0 Å². The van der Waals surface area contributed by atoms with Crippen LogP contribution in [0.3, 0.4) is 0 Å². The van der Waals surface area contributed by atoms with Gasteiger partial charge >= 0.3 is 0 Å². The molecule has 0 saturated carbocycles. The van der Waals surface area contributed by atoms with E-state index in [0.717, 1.165) is 0 Å². The Hall–Kier alpha value is -1.66. The molecule has 0 saturated heterocycles. The molecule has 1 rings (SSSR count). The number of likely N-dealkylation sites (N-methyl/N-ethyl adjacent to an activating group) is 1. The number of aromatic amines is 1. The van der Waals surface area contributed by atoms with E-state index >= 15 is 0 Å². The van der Waals surface area contributed by atoms with E-state index < -0.39 is 5.60 Å². The highest BCUT2D eigenvalue weighted by atomic mass is 16.3. The average Bonchev–Trinajstić information content (AvgIpc) is 2.73. The van der Waals surface area contributed by atoms with Crippen LogP contribution in [0.25, 0.3) is 0 Å². The summed E-state index contributed by atoms with van der Waals surface area (Å²) in [5, 5.41) is 12.7. The first-order valence-electron chi connectivity index (χ1n) is 6.06. The Balaban J connectivity index is 2.57. The van der Waals surface area contributed by atoms with Crippen LogP contribution in [0.1, 0.15) is 34.7 Å². The third-order valence-electron chi connectivity index (χ3n) is 2.62. The van der Waals surface area contributed by atoms with Crippen molar-refractivity contribution < 1.29 is 14.7 Å². The zero-order chi connectivity index (χ0) is 14.6. The first kappa shape index (κ1) is 15.4. The number of Topliss-reactive ketones (excluding diaryl/α,β-unsaturated/α-hetero) is 1. The van der Waals surface area contributed by atoms with Crippen molar-refractivity contribution in [2.75, 3.05) is 27.2 Å². The minimum absolute atomic E-state index is 0.102. The Morgan fingerprint density at radius 2 is 2.11 bits per heavy atom. The van der Waals surface area contributed by atoms with E-state index in [1.807, 2.05) is 19.0 Å². The second-order valence-corrected chi connectivity index (χ2v) is 5.28. The summed E-state index contributed by atoms with van der Waals surface area (Å²) in [6, 6.07) is 1.50. The molecule has 1 aromatic heterocycles. The molecule has 19 heavy (non-hydrogen) atoms. The number of nitrogens with zero attached hydrogens (tertiary/aromatic N) is 1. The maximum Gasteiger partial charge on any atom is 0.267 e. The predicted molar refractivity (Wildman–Crippen MR) is 72.3 cm³/mol. The first-order chi connectivity index (χ1) is 8.71. The standard InChI is InChI=1S/C13H21N3O3/c1-9(17)10-5-11(14-6-10)12(18)15-7-13(2,19)8-16(3)4/h5-6,14,19H,7-8H2,1-4H3,(H,15,18). The van der Waals surface area contributed by atoms with Gasteiger partial charge < -0.3 is 20.3 Å². The van der Waals surface area contributed by atoms with Gasteiger partial charge in [0.1, 0.15) is 5.69 Å². The lowest BCUT2D eigenvalue weighted by Gasteiger charge is -2.26. The van der Waals surface area contributed by atoms with Crippen molar-refractivity contribution in [1.29, 1.82) is 0 Å². The number of amides is 1. The number of rotatable bonds is 6. The third-order valence-corrected chi connectivity index (χ3v) is 2.62. The van der Waals surface area contributed by atoms with Crippen LogP contribution in [0.2, 0.25) is 0 Å². The summed E-state index contributed by atoms with van der Waals surface area (Å²) in [4.78, 5) is 27.5. The van der Waals surface area contributed by atoms with Gasteiger partial charge in [-0.05, 0) is 34.0 Å². The molecule has 0 aliphatic rings. The Kier molecular flexibility index (Phi) is 4.85. The molecule has 0 radical (unpaired) electrons. The lowest BCUT2D eigenvalue weighted by atomic mass is 10.1. The SMILES string of the molecule is CC(=O)c1c[nH]c(C(=O)NCC(C)(O)CN(C)C)c1. The van der Waals surface area contributed by atoms with Crippen LogP contribution in [0, 0.1) is 0 Å². The van der Waals surface area contributed by atoms with Gasteiger partial charge in [-0.3, -0.25) is 9.59 Å². The van der Waals surface area contributed by atoms with Gasteiger partial charge in [-0.2, -0.15) is 0 Å². The summed E-state index contributed by atoms with van der Waals surface area (Å²) in [7, 11) is 3.70. The van der Waals surface area contributed by atoms with E-state index in [0.29, 0.717) is 17.8 Å². The number of carbonyl (C=O) groups excluding carboxylic acids is 2. The summed E-state index contributed by atoms with van der Waals surface area (Å²) in [5.41, 5.74) is -0.231. The summed E-state index contributed by atoms with van der Waals surface area (Å²) in [5.74, 6) is -0.443. The molecule has 1 unspecified atom stereocenters. The van der Waals surface area contributed by atoms with E-state index in [-0.39, 0.29) is 18.2 Å². The Bertz CT molecular complexity index is 463. The van der Waals surface area contributed by atoms with Crippen molar-refractivity contribution in [2.45, 2.75) is 19.4 Å². The van der Waals surface area contributed by atoms with E-state index in [4.69, 9.17) is 0 Å². The summed E-state index contributed by atoms with van der Waals surface area (Å²) < 4.78 is 0. The summed E-state index contributed by atoms with van der Waals surface area (Å²) >= 11 is 0. The van der Waals surface area contributed by atoms with Gasteiger partial charge in [0.2, 0.25) is 0 Å². The van der Waals surface area contributed by atoms with Crippen molar-refractivity contribution in [2.24, 2.45) is 0 Å². The second kappa shape index (κ2) is 5.99. The number of hydrogen-bond acceptors (Lipinski definition) is 4. The Morgan fingerprint density at radius 3 is 2.58 bits per heavy atom. The molecule has 3 N–H and O–H groups in total. The van der Waals surface area contributed by atoms with Gasteiger partial charge in [-0.15, -0.1) is 0 Å². The molecule has 0 spiro atoms. The number of aromatic nitrogens is 1. The largest absolute Gasteiger partial charge is 0.387 e. The van der Waals surface area contributed by atoms with Gasteiger partial charge in [0, 0.05) is 24.8 Å². The van der Waals surface area contributed by atoms with Gasteiger partial charge in [0.25, 0.3) is 5.91 Å². The van der Waals surface area contributed by atoms with Crippen LogP contribution in [0.15, 0.2) is 12.3 Å². The highest BCUT2D eigenvalue weighted by Gasteiger charge is 2.22. The van der Waals surface area contributed by atoms with Gasteiger partial charge in [-0.1, -0.05) is 0 Å². The molecule has 1 heterocycles. The highest BCUT2D eigenvalue weighted by molar-refractivity contribution is 5.99. The summed E-state index contributed by atoms with van der Waals surface area (Å²) in [6.45, 7) is 3.67. The zero-order valence-electron chi connectivity index (χ0n) is 11.8. The van der Waals surface area contributed by atoms with Crippen LogP contribution in [-0.4, -0.2) is 59.5 Å². The van der Waals surface area contributed by atoms with Crippen LogP contribution < -0.4 is 5.32 Å². The number of ketones is 1. The highest BCUT2D eigenvalue weighted by Crippen LogP contribution is 2.06. The van der Waals surface area contributed by atoms with Gasteiger partial charge in [-0.25, -0.2) is 0 Å². The molecule has 6 nitrogen and oxygen atoms in total. The smallest absolute Gasteiger partial charge is 0.267 e. The zero-order valence-corrected chi connectivity index (χ0v) is 11.8. The molecule has 1 atom stereocenters. The molecule has 0 aromatic carbocycles. The molecule has 106 valence electrons. The Morgan fingerprint density at radius 1 is 1.47 bits per heavy atom. The van der Waals surface area contributed by atoms with E-state index in [2.05, 4.69) is 10.3 Å². The first-order valence-corrected chi connectivity index (χ1v) is 6.06. The molecule has 6 heteroatoms. The topological polar surface area (TPSA) is 85.4 Å². The van der Waals surface area contributed by atoms with Crippen LogP contribution in [0.5, 0.6) is 0 Å². The fourth-order valence-corrected chi connectivity index (χ4v) is 1.83. The van der Waals surface area contributed by atoms with Gasteiger partial charge in [0.15, 0.2) is 5.78 Å². The molecular formula is C13H21N3O3. The molecule has 0 aliphatic carbocycles. The number of carbonyl (C=O) groups is 2. The molecule has 1 aromatic rings. The average molecular weight is 267 g/mol. The van der Waals surface area contributed by atoms with Crippen molar-refractivity contribution in [3.8, 4) is 0 Å². The third kappa shape index (κ3) is 4.84. The molecule has 1 amide bonds. The fraction of sp³-hybridized carbons (Fsp3) is 0.538. The second-order valence-electron chi connectivity index (χ2n) is 5.28. The van der Waals surface area contributed by atoms with Crippen molar-refractivity contribution >= 4 is 11.7 Å². The number of H-pyrrole nitrogens is 1. The minimum Gasteiger partial charge on any atom is -0.387 e. The maximum atomic E-state index is 11.8. The molecule has 0 fully saturated rings. The van der Waals surface area contributed by atoms with Crippen molar-refractivity contribution in [1.82, 2.24) is 15.2 Å². The van der Waals surface area contributed by atoms with E-state index in [9.17, 15) is 14.7 Å². The number of nitrogens with one attached hydrogen (secondary N) is 2. The Labute approximate surface area is 112 Å².